The highest BCUT2D eigenvalue weighted by Gasteiger charge is 2.28. The highest BCUT2D eigenvalue weighted by atomic mass is 16.5. The fourth-order valence-electron chi connectivity index (χ4n) is 1.78. The minimum atomic E-state index is -0.202. The number of hydrogen-bond acceptors (Lipinski definition) is 2. The van der Waals surface area contributed by atoms with Crippen molar-refractivity contribution in [1.29, 1.82) is 0 Å². The van der Waals surface area contributed by atoms with E-state index in [1.54, 1.807) is 0 Å². The van der Waals surface area contributed by atoms with Crippen molar-refractivity contribution in [2.24, 2.45) is 5.92 Å². The smallest absolute Gasteiger partial charge is 0.334 e. The van der Waals surface area contributed by atoms with Gasteiger partial charge in [-0.25, -0.2) is 4.79 Å². The van der Waals surface area contributed by atoms with Gasteiger partial charge in [0.05, 0.1) is 0 Å². The van der Waals surface area contributed by atoms with Gasteiger partial charge in [-0.05, 0) is 18.6 Å². The van der Waals surface area contributed by atoms with Gasteiger partial charge in [-0.15, -0.1) is 0 Å². The summed E-state index contributed by atoms with van der Waals surface area (Å²) in [5.74, 6) is -0.107. The number of esters is 1. The summed E-state index contributed by atoms with van der Waals surface area (Å²) in [6.07, 6.45) is 5.85. The summed E-state index contributed by atoms with van der Waals surface area (Å²) in [5, 5.41) is 0. The molecule has 0 saturated carbocycles. The topological polar surface area (TPSA) is 26.3 Å². The van der Waals surface area contributed by atoms with Gasteiger partial charge in [-0.3, -0.25) is 0 Å². The Balaban J connectivity index is 2.30. The predicted molar refractivity (Wildman–Crippen MR) is 63.7 cm³/mol. The third-order valence-corrected chi connectivity index (χ3v) is 2.58. The predicted octanol–water partition coefficient (Wildman–Crippen LogP) is 2.82. The van der Waals surface area contributed by atoms with Gasteiger partial charge in [-0.2, -0.15) is 0 Å². The summed E-state index contributed by atoms with van der Waals surface area (Å²) < 4.78 is 5.04. The van der Waals surface area contributed by atoms with Crippen LogP contribution in [0, 0.1) is 5.92 Å². The monoisotopic (exact) mass is 214 g/mol. The van der Waals surface area contributed by atoms with E-state index in [1.165, 1.54) is 0 Å². The number of carbonyl (C=O) groups is 1. The van der Waals surface area contributed by atoms with Gasteiger partial charge in [-0.1, -0.05) is 42.5 Å². The molecule has 1 aromatic rings. The number of rotatable bonds is 2. The van der Waals surface area contributed by atoms with Crippen molar-refractivity contribution >= 4 is 12.0 Å². The molecule has 1 atom stereocenters. The van der Waals surface area contributed by atoms with Crippen LogP contribution in [-0.4, -0.2) is 12.6 Å². The molecule has 0 radical (unpaired) electrons. The maximum atomic E-state index is 11.5. The zero-order valence-electron chi connectivity index (χ0n) is 9.22. The van der Waals surface area contributed by atoms with Crippen LogP contribution in [0.1, 0.15) is 12.5 Å². The van der Waals surface area contributed by atoms with Gasteiger partial charge in [0.1, 0.15) is 6.61 Å². The van der Waals surface area contributed by atoms with E-state index >= 15 is 0 Å². The second kappa shape index (κ2) is 4.79. The summed E-state index contributed by atoms with van der Waals surface area (Å²) >= 11 is 0. The second-order valence-electron chi connectivity index (χ2n) is 3.74. The van der Waals surface area contributed by atoms with Crippen molar-refractivity contribution in [3.05, 3.63) is 53.6 Å². The third-order valence-electron chi connectivity index (χ3n) is 2.58. The lowest BCUT2D eigenvalue weighted by molar-refractivity contribution is -0.135. The Kier molecular flexibility index (Phi) is 3.20. The number of hydrogen-bond donors (Lipinski definition) is 0. The SMILES string of the molecule is C/C=C/[C@H]1COC(=O)/C1=C/c1ccccc1. The zero-order chi connectivity index (χ0) is 11.4. The molecular weight excluding hydrogens is 200 g/mol. The molecule has 1 heterocycles. The van der Waals surface area contributed by atoms with Gasteiger partial charge in [0.25, 0.3) is 0 Å². The summed E-state index contributed by atoms with van der Waals surface area (Å²) in [5.41, 5.74) is 1.77. The van der Waals surface area contributed by atoms with E-state index in [0.717, 1.165) is 11.1 Å². The van der Waals surface area contributed by atoms with E-state index in [0.29, 0.717) is 6.61 Å². The molecule has 2 heteroatoms. The zero-order valence-corrected chi connectivity index (χ0v) is 9.22. The molecule has 0 unspecified atom stereocenters. The molecule has 1 aliphatic heterocycles. The Labute approximate surface area is 95.2 Å². The van der Waals surface area contributed by atoms with Crippen LogP contribution in [0.15, 0.2) is 48.1 Å². The average Bonchev–Trinajstić information content (AvgIpc) is 2.64. The molecular formula is C14H14O2. The Bertz CT molecular complexity index is 429. The van der Waals surface area contributed by atoms with Gasteiger partial charge in [0.2, 0.25) is 0 Å². The van der Waals surface area contributed by atoms with Gasteiger partial charge in [0.15, 0.2) is 0 Å². The fourth-order valence-corrected chi connectivity index (χ4v) is 1.78. The Hall–Kier alpha value is -1.83. The Morgan fingerprint density at radius 1 is 1.31 bits per heavy atom. The first-order valence-corrected chi connectivity index (χ1v) is 5.38. The van der Waals surface area contributed by atoms with E-state index in [1.807, 2.05) is 55.5 Å². The number of carbonyl (C=O) groups excluding carboxylic acids is 1. The molecule has 0 N–H and O–H groups in total. The molecule has 82 valence electrons. The van der Waals surface area contributed by atoms with Crippen molar-refractivity contribution < 1.29 is 9.53 Å². The number of cyclic esters (lactones) is 1. The van der Waals surface area contributed by atoms with E-state index in [2.05, 4.69) is 0 Å². The summed E-state index contributed by atoms with van der Waals surface area (Å²) in [6.45, 7) is 2.41. The molecule has 1 aliphatic rings. The normalized spacial score (nSPS) is 22.9. The first-order valence-electron chi connectivity index (χ1n) is 5.38. The van der Waals surface area contributed by atoms with Crippen LogP contribution < -0.4 is 0 Å². The van der Waals surface area contributed by atoms with Gasteiger partial charge < -0.3 is 4.74 Å². The fraction of sp³-hybridized carbons (Fsp3) is 0.214. The number of ether oxygens (including phenoxy) is 1. The lowest BCUT2D eigenvalue weighted by Gasteiger charge is -2.00. The molecule has 2 nitrogen and oxygen atoms in total. The molecule has 1 aromatic carbocycles. The molecule has 0 aliphatic carbocycles. The van der Waals surface area contributed by atoms with Crippen LogP contribution in [0.25, 0.3) is 6.08 Å². The second-order valence-corrected chi connectivity index (χ2v) is 3.74. The van der Waals surface area contributed by atoms with Gasteiger partial charge >= 0.3 is 5.97 Å². The third kappa shape index (κ3) is 2.22. The molecule has 0 amide bonds. The first kappa shape index (κ1) is 10.7. The molecule has 0 bridgehead atoms. The highest BCUT2D eigenvalue weighted by molar-refractivity contribution is 5.96. The molecule has 1 saturated heterocycles. The number of benzene rings is 1. The minimum Gasteiger partial charge on any atom is -0.461 e. The van der Waals surface area contributed by atoms with Crippen LogP contribution in [-0.2, 0) is 9.53 Å². The maximum absolute atomic E-state index is 11.5. The molecule has 2 rings (SSSR count). The summed E-state index contributed by atoms with van der Waals surface area (Å²) in [6, 6.07) is 9.82. The minimum absolute atomic E-state index is 0.0951. The maximum Gasteiger partial charge on any atom is 0.334 e. The Morgan fingerprint density at radius 2 is 2.06 bits per heavy atom. The lowest BCUT2D eigenvalue weighted by Crippen LogP contribution is -1.99. The van der Waals surface area contributed by atoms with Crippen LogP contribution in [0.3, 0.4) is 0 Å². The van der Waals surface area contributed by atoms with Crippen LogP contribution in [0.5, 0.6) is 0 Å². The average molecular weight is 214 g/mol. The van der Waals surface area contributed by atoms with Gasteiger partial charge in [0, 0.05) is 11.5 Å². The quantitative estimate of drug-likeness (QED) is 0.430. The standard InChI is InChI=1S/C14H14O2/c1-2-6-12-10-16-14(15)13(12)9-11-7-4-3-5-8-11/h2-9,12H,10H2,1H3/b6-2+,13-9+/t12-/m0/s1. The van der Waals surface area contributed by atoms with E-state index in [-0.39, 0.29) is 11.9 Å². The largest absolute Gasteiger partial charge is 0.461 e. The van der Waals surface area contributed by atoms with Crippen molar-refractivity contribution in [2.75, 3.05) is 6.61 Å². The summed E-state index contributed by atoms with van der Waals surface area (Å²) in [7, 11) is 0. The summed E-state index contributed by atoms with van der Waals surface area (Å²) in [4.78, 5) is 11.5. The van der Waals surface area contributed by atoms with Crippen molar-refractivity contribution in [2.45, 2.75) is 6.92 Å². The van der Waals surface area contributed by atoms with Crippen molar-refractivity contribution in [1.82, 2.24) is 0 Å². The van der Waals surface area contributed by atoms with Crippen LogP contribution >= 0.6 is 0 Å². The van der Waals surface area contributed by atoms with E-state index in [4.69, 9.17) is 4.74 Å². The Morgan fingerprint density at radius 3 is 2.75 bits per heavy atom. The molecule has 16 heavy (non-hydrogen) atoms. The lowest BCUT2D eigenvalue weighted by atomic mass is 9.99. The van der Waals surface area contributed by atoms with Crippen molar-refractivity contribution in [3.63, 3.8) is 0 Å². The van der Waals surface area contributed by atoms with Crippen LogP contribution in [0.4, 0.5) is 0 Å². The molecule has 0 aromatic heterocycles. The molecule has 0 spiro atoms. The highest BCUT2D eigenvalue weighted by Crippen LogP contribution is 2.24. The van der Waals surface area contributed by atoms with Crippen LogP contribution in [0.2, 0.25) is 0 Å². The van der Waals surface area contributed by atoms with Crippen molar-refractivity contribution in [3.8, 4) is 0 Å². The first-order chi connectivity index (χ1) is 7.81. The van der Waals surface area contributed by atoms with E-state index < -0.39 is 0 Å². The van der Waals surface area contributed by atoms with E-state index in [9.17, 15) is 4.79 Å². The number of allylic oxidation sites excluding steroid dienone is 1. The molecule has 1 fully saturated rings.